The number of benzene rings is 1. The number of H-pyrrole nitrogens is 1. The summed E-state index contributed by atoms with van der Waals surface area (Å²) < 4.78 is 46.3. The summed E-state index contributed by atoms with van der Waals surface area (Å²) in [5.41, 5.74) is 2.27. The first-order chi connectivity index (χ1) is 18.9. The lowest BCUT2D eigenvalue weighted by atomic mass is 10.1. The molecule has 0 amide bonds. The zero-order chi connectivity index (χ0) is 27.4. The minimum atomic E-state index is -2.86. The topological polar surface area (TPSA) is 106 Å². The van der Waals surface area contributed by atoms with Gasteiger partial charge in [0.1, 0.15) is 5.82 Å². The maximum Gasteiger partial charge on any atom is 0.326 e. The Morgan fingerprint density at radius 2 is 1.79 bits per heavy atom. The van der Waals surface area contributed by atoms with Crippen molar-refractivity contribution in [3.63, 3.8) is 0 Å². The van der Waals surface area contributed by atoms with E-state index in [0.29, 0.717) is 33.4 Å². The van der Waals surface area contributed by atoms with Gasteiger partial charge in [-0.3, -0.25) is 14.5 Å². The van der Waals surface area contributed by atoms with Gasteiger partial charge in [0.15, 0.2) is 0 Å². The molecule has 0 bridgehead atoms. The smallest absolute Gasteiger partial charge is 0.326 e. The fourth-order valence-corrected chi connectivity index (χ4v) is 4.39. The van der Waals surface area contributed by atoms with Crippen LogP contribution in [0.1, 0.15) is 37.3 Å². The van der Waals surface area contributed by atoms with Crippen LogP contribution in [0.25, 0.3) is 33.6 Å². The third-order valence-electron chi connectivity index (χ3n) is 6.45. The summed E-state index contributed by atoms with van der Waals surface area (Å²) in [6.45, 7) is 2.71. The number of piperidine rings is 1. The second-order valence-corrected chi connectivity index (χ2v) is 9.25. The third kappa shape index (κ3) is 6.06. The van der Waals surface area contributed by atoms with Crippen molar-refractivity contribution in [3.8, 4) is 22.6 Å². The van der Waals surface area contributed by atoms with E-state index in [1.807, 2.05) is 0 Å². The molecular weight excluding hydrogens is 511 g/mol. The van der Waals surface area contributed by atoms with E-state index < -0.39 is 23.8 Å². The van der Waals surface area contributed by atoms with E-state index in [1.165, 1.54) is 49.2 Å². The molecule has 1 fully saturated rings. The molecule has 4 aromatic heterocycles. The number of pyridine rings is 2. The molecular formula is C27H26F3N7O2. The van der Waals surface area contributed by atoms with Gasteiger partial charge < -0.3 is 14.3 Å². The van der Waals surface area contributed by atoms with Gasteiger partial charge in [-0.15, -0.1) is 10.2 Å². The minimum absolute atomic E-state index is 0.0687. The van der Waals surface area contributed by atoms with Crippen molar-refractivity contribution in [2.75, 3.05) is 20.1 Å². The number of nitrogens with one attached hydrogen (secondary N) is 1. The van der Waals surface area contributed by atoms with Gasteiger partial charge in [0.25, 0.3) is 5.89 Å². The van der Waals surface area contributed by atoms with Gasteiger partial charge >= 0.3 is 12.1 Å². The van der Waals surface area contributed by atoms with Crippen molar-refractivity contribution in [1.82, 2.24) is 34.6 Å². The number of rotatable bonds is 5. The molecule has 0 radical (unpaired) electrons. The zero-order valence-electron chi connectivity index (χ0n) is 21.1. The zero-order valence-corrected chi connectivity index (χ0v) is 21.1. The number of alkyl halides is 2. The second kappa shape index (κ2) is 11.6. The quantitative estimate of drug-likeness (QED) is 0.334. The largest absolute Gasteiger partial charge is 0.415 e. The minimum Gasteiger partial charge on any atom is -0.415 e. The van der Waals surface area contributed by atoms with E-state index in [2.05, 4.69) is 37.1 Å². The first kappa shape index (κ1) is 26.3. The maximum atomic E-state index is 14.8. The average Bonchev–Trinajstić information content (AvgIpc) is 3.55. The Balaban J connectivity index is 0.000000384. The summed E-state index contributed by atoms with van der Waals surface area (Å²) in [6, 6.07) is 9.38. The summed E-state index contributed by atoms with van der Waals surface area (Å²) in [5, 5.41) is 6.84. The first-order valence-corrected chi connectivity index (χ1v) is 12.5. The lowest BCUT2D eigenvalue weighted by molar-refractivity contribution is 0.116. The number of imidazole rings is 1. The molecule has 1 N–H and O–H groups in total. The predicted octanol–water partition coefficient (Wildman–Crippen LogP) is 5.06. The van der Waals surface area contributed by atoms with Crippen molar-refractivity contribution in [2.24, 2.45) is 0 Å². The maximum absolute atomic E-state index is 14.8. The molecule has 202 valence electrons. The Bertz CT molecular complexity index is 1590. The molecule has 9 nitrogen and oxygen atoms in total. The summed E-state index contributed by atoms with van der Waals surface area (Å²) >= 11 is 0. The fraction of sp³-hybridized carbons (Fsp3) is 0.296. The van der Waals surface area contributed by atoms with Crippen LogP contribution in [-0.4, -0.2) is 54.8 Å². The molecule has 6 rings (SSSR count). The van der Waals surface area contributed by atoms with Crippen molar-refractivity contribution < 1.29 is 17.6 Å². The molecule has 0 aliphatic carbocycles. The second-order valence-electron chi connectivity index (χ2n) is 9.25. The lowest BCUT2D eigenvalue weighted by Gasteiger charge is -2.20. The molecule has 5 aromatic rings. The van der Waals surface area contributed by atoms with Crippen LogP contribution in [0.4, 0.5) is 13.2 Å². The summed E-state index contributed by atoms with van der Waals surface area (Å²) in [6.07, 6.45) is 5.91. The number of hydrogen-bond acceptors (Lipinski definition) is 7. The standard InChI is InChI=1S/C21H13F3N6O2.C6H13N/c22-15-8-17-16(7-14(15)11-3-5-25-6-4-11)27-21(31)30(17)10-13-2-1-12(9-26-13)19-28-29-20(32-19)18(23)24;1-7-5-3-2-4-6-7/h1-9,18H,10H2,(H,27,31);2-6H2,1H3. The molecule has 1 saturated heterocycles. The van der Waals surface area contributed by atoms with Crippen molar-refractivity contribution >= 4 is 11.0 Å². The Morgan fingerprint density at radius 3 is 2.41 bits per heavy atom. The van der Waals surface area contributed by atoms with Crippen LogP contribution in [0, 0.1) is 5.82 Å². The Labute approximate surface area is 221 Å². The van der Waals surface area contributed by atoms with Crippen LogP contribution in [0.15, 0.2) is 64.2 Å². The van der Waals surface area contributed by atoms with Gasteiger partial charge in [0, 0.05) is 30.2 Å². The molecule has 0 spiro atoms. The molecule has 0 unspecified atom stereocenters. The van der Waals surface area contributed by atoms with Gasteiger partial charge in [0.2, 0.25) is 5.89 Å². The van der Waals surface area contributed by atoms with Gasteiger partial charge in [0.05, 0.1) is 28.8 Å². The number of halogens is 3. The number of hydrogen-bond donors (Lipinski definition) is 1. The molecule has 1 aliphatic rings. The Morgan fingerprint density at radius 1 is 1.03 bits per heavy atom. The highest BCUT2D eigenvalue weighted by Gasteiger charge is 2.18. The van der Waals surface area contributed by atoms with E-state index in [9.17, 15) is 18.0 Å². The van der Waals surface area contributed by atoms with Crippen LogP contribution < -0.4 is 5.69 Å². The van der Waals surface area contributed by atoms with Crippen LogP contribution in [-0.2, 0) is 6.54 Å². The summed E-state index contributed by atoms with van der Waals surface area (Å²) in [5.74, 6) is -1.34. The van der Waals surface area contributed by atoms with E-state index in [-0.39, 0.29) is 12.4 Å². The average molecular weight is 538 g/mol. The number of likely N-dealkylation sites (tertiary alicyclic amines) is 1. The van der Waals surface area contributed by atoms with Crippen molar-refractivity contribution in [3.05, 3.63) is 82.9 Å². The highest BCUT2D eigenvalue weighted by atomic mass is 19.3. The van der Waals surface area contributed by atoms with Crippen LogP contribution in [0.3, 0.4) is 0 Å². The first-order valence-electron chi connectivity index (χ1n) is 12.5. The highest BCUT2D eigenvalue weighted by molar-refractivity contribution is 5.82. The van der Waals surface area contributed by atoms with Gasteiger partial charge in [-0.25, -0.2) is 9.18 Å². The SMILES string of the molecule is CN1CCCCC1.O=c1[nH]c2cc(-c3ccncc3)c(F)cc2n1Cc1ccc(-c2nnc(C(F)F)o2)cn1. The van der Waals surface area contributed by atoms with E-state index in [1.54, 1.807) is 42.7 Å². The molecule has 0 saturated carbocycles. The fourth-order valence-electron chi connectivity index (χ4n) is 4.39. The van der Waals surface area contributed by atoms with Crippen LogP contribution >= 0.6 is 0 Å². The number of aromatic amines is 1. The third-order valence-corrected chi connectivity index (χ3v) is 6.45. The van der Waals surface area contributed by atoms with E-state index >= 15 is 0 Å². The Kier molecular flexibility index (Phi) is 7.82. The van der Waals surface area contributed by atoms with Gasteiger partial charge in [-0.2, -0.15) is 8.78 Å². The number of aromatic nitrogens is 6. The summed E-state index contributed by atoms with van der Waals surface area (Å²) in [4.78, 5) is 25.8. The number of nitrogens with zero attached hydrogens (tertiary/aromatic N) is 6. The van der Waals surface area contributed by atoms with Crippen molar-refractivity contribution in [2.45, 2.75) is 32.2 Å². The Hall–Kier alpha value is -4.32. The number of fused-ring (bicyclic) bond motifs is 1. The molecule has 39 heavy (non-hydrogen) atoms. The molecule has 1 aliphatic heterocycles. The lowest BCUT2D eigenvalue weighted by Crippen LogP contribution is -2.24. The molecule has 12 heteroatoms. The molecule has 0 atom stereocenters. The highest BCUT2D eigenvalue weighted by Crippen LogP contribution is 2.27. The van der Waals surface area contributed by atoms with E-state index in [0.717, 1.165) is 0 Å². The predicted molar refractivity (Wildman–Crippen MR) is 139 cm³/mol. The van der Waals surface area contributed by atoms with Crippen LogP contribution in [0.5, 0.6) is 0 Å². The van der Waals surface area contributed by atoms with E-state index in [4.69, 9.17) is 4.42 Å². The van der Waals surface area contributed by atoms with Crippen LogP contribution in [0.2, 0.25) is 0 Å². The molecule has 5 heterocycles. The summed E-state index contributed by atoms with van der Waals surface area (Å²) in [7, 11) is 2.19. The monoisotopic (exact) mass is 537 g/mol. The molecule has 1 aromatic carbocycles. The van der Waals surface area contributed by atoms with Gasteiger partial charge in [-0.05, 0) is 68.9 Å². The van der Waals surface area contributed by atoms with Crippen molar-refractivity contribution in [1.29, 1.82) is 0 Å². The normalized spacial score (nSPS) is 14.0. The van der Waals surface area contributed by atoms with Gasteiger partial charge in [-0.1, -0.05) is 6.42 Å².